The average molecular weight is 383 g/mol. The minimum atomic E-state index is -0.398. The van der Waals surface area contributed by atoms with Gasteiger partial charge < -0.3 is 9.64 Å². The van der Waals surface area contributed by atoms with Crippen LogP contribution in [0.5, 0.6) is 5.75 Å². The predicted octanol–water partition coefficient (Wildman–Crippen LogP) is 5.66. The predicted molar refractivity (Wildman–Crippen MR) is 109 cm³/mol. The zero-order chi connectivity index (χ0) is 19.4. The third-order valence-corrected chi connectivity index (χ3v) is 5.29. The van der Waals surface area contributed by atoms with E-state index in [1.54, 1.807) is 30.6 Å². The Labute approximate surface area is 162 Å². The van der Waals surface area contributed by atoms with Gasteiger partial charge in [0.25, 0.3) is 5.69 Å². The Balaban J connectivity index is 1.93. The van der Waals surface area contributed by atoms with Gasteiger partial charge in [-0.3, -0.25) is 10.1 Å². The lowest BCUT2D eigenvalue weighted by Gasteiger charge is -2.28. The first-order valence-electron chi connectivity index (χ1n) is 8.67. The molecular weight excluding hydrogens is 362 g/mol. The minimum Gasteiger partial charge on any atom is -0.497 e. The third-order valence-electron chi connectivity index (χ3n) is 4.45. The Morgan fingerprint density at radius 1 is 1.19 bits per heavy atom. The van der Waals surface area contributed by atoms with Crippen molar-refractivity contribution in [2.45, 2.75) is 26.3 Å². The molecule has 6 nitrogen and oxygen atoms in total. The zero-order valence-corrected chi connectivity index (χ0v) is 16.3. The lowest BCUT2D eigenvalue weighted by atomic mass is 10.1. The smallest absolute Gasteiger partial charge is 0.269 e. The van der Waals surface area contributed by atoms with Gasteiger partial charge in [0, 0.05) is 34.8 Å². The monoisotopic (exact) mass is 383 g/mol. The molecule has 3 aromatic rings. The second-order valence-electron chi connectivity index (χ2n) is 6.14. The van der Waals surface area contributed by atoms with Crippen LogP contribution in [0, 0.1) is 10.1 Å². The fourth-order valence-electron chi connectivity index (χ4n) is 2.74. The average Bonchev–Trinajstić information content (AvgIpc) is 3.18. The van der Waals surface area contributed by atoms with Crippen LogP contribution in [0.25, 0.3) is 11.3 Å². The molecule has 140 valence electrons. The van der Waals surface area contributed by atoms with E-state index in [2.05, 4.69) is 18.7 Å². The number of hydrogen-bond acceptors (Lipinski definition) is 6. The quantitative estimate of drug-likeness (QED) is 0.389. The number of hydrogen-bond donors (Lipinski definition) is 0. The summed E-state index contributed by atoms with van der Waals surface area (Å²) >= 11 is 1.56. The highest BCUT2D eigenvalue weighted by molar-refractivity contribution is 7.14. The van der Waals surface area contributed by atoms with Gasteiger partial charge in [-0.15, -0.1) is 11.3 Å². The van der Waals surface area contributed by atoms with Gasteiger partial charge in [-0.1, -0.05) is 6.92 Å². The second-order valence-corrected chi connectivity index (χ2v) is 6.98. The van der Waals surface area contributed by atoms with Crippen LogP contribution in [0.2, 0.25) is 0 Å². The molecule has 0 fully saturated rings. The first-order chi connectivity index (χ1) is 13.0. The summed E-state index contributed by atoms with van der Waals surface area (Å²) < 4.78 is 5.25. The minimum absolute atomic E-state index is 0.0775. The van der Waals surface area contributed by atoms with Crippen molar-refractivity contribution in [2.75, 3.05) is 12.0 Å². The van der Waals surface area contributed by atoms with Gasteiger partial charge in [-0.2, -0.15) is 0 Å². The maximum absolute atomic E-state index is 10.8. The molecule has 0 amide bonds. The van der Waals surface area contributed by atoms with Crippen molar-refractivity contribution in [3.05, 3.63) is 64.0 Å². The van der Waals surface area contributed by atoms with Crippen molar-refractivity contribution in [1.82, 2.24) is 4.98 Å². The molecule has 1 aromatic heterocycles. The highest BCUT2D eigenvalue weighted by atomic mass is 32.1. The van der Waals surface area contributed by atoms with E-state index in [1.807, 2.05) is 29.6 Å². The standard InChI is InChI=1S/C20H21N3O3S/c1-4-14(2)22(16-9-11-18(26-3)12-10-16)20-21-19(13-27-20)15-5-7-17(8-6-15)23(24)25/h5-14H,4H2,1-3H3. The number of rotatable bonds is 7. The van der Waals surface area contributed by atoms with Crippen molar-refractivity contribution in [3.63, 3.8) is 0 Å². The Hall–Kier alpha value is -2.93. The number of non-ortho nitro benzene ring substituents is 1. The number of ether oxygens (including phenoxy) is 1. The second kappa shape index (κ2) is 8.18. The molecule has 1 atom stereocenters. The van der Waals surface area contributed by atoms with Crippen molar-refractivity contribution in [3.8, 4) is 17.0 Å². The molecule has 27 heavy (non-hydrogen) atoms. The zero-order valence-electron chi connectivity index (χ0n) is 15.5. The van der Waals surface area contributed by atoms with Crippen LogP contribution >= 0.6 is 11.3 Å². The molecule has 1 unspecified atom stereocenters. The third kappa shape index (κ3) is 4.09. The van der Waals surface area contributed by atoms with Gasteiger partial charge >= 0.3 is 0 Å². The Morgan fingerprint density at radius 3 is 2.41 bits per heavy atom. The van der Waals surface area contributed by atoms with E-state index in [4.69, 9.17) is 9.72 Å². The summed E-state index contributed by atoms with van der Waals surface area (Å²) in [6.45, 7) is 4.31. The van der Waals surface area contributed by atoms with E-state index in [0.29, 0.717) is 0 Å². The highest BCUT2D eigenvalue weighted by Gasteiger charge is 2.19. The van der Waals surface area contributed by atoms with E-state index in [0.717, 1.165) is 34.2 Å². The molecule has 0 saturated heterocycles. The largest absolute Gasteiger partial charge is 0.497 e. The number of aromatic nitrogens is 1. The van der Waals surface area contributed by atoms with Gasteiger partial charge in [-0.05, 0) is 49.7 Å². The number of anilines is 2. The fraction of sp³-hybridized carbons (Fsp3) is 0.250. The van der Waals surface area contributed by atoms with Crippen LogP contribution in [0.4, 0.5) is 16.5 Å². The van der Waals surface area contributed by atoms with Crippen LogP contribution in [-0.2, 0) is 0 Å². The van der Waals surface area contributed by atoms with E-state index in [9.17, 15) is 10.1 Å². The summed E-state index contributed by atoms with van der Waals surface area (Å²) in [5.41, 5.74) is 2.80. The molecular formula is C20H21N3O3S. The summed E-state index contributed by atoms with van der Waals surface area (Å²) in [6.07, 6.45) is 0.971. The van der Waals surface area contributed by atoms with Crippen LogP contribution in [0.1, 0.15) is 20.3 Å². The molecule has 2 aromatic carbocycles. The van der Waals surface area contributed by atoms with E-state index in [1.165, 1.54) is 12.1 Å². The Kier molecular flexibility index (Phi) is 5.71. The maximum Gasteiger partial charge on any atom is 0.269 e. The lowest BCUT2D eigenvalue weighted by Crippen LogP contribution is -2.27. The van der Waals surface area contributed by atoms with Crippen molar-refractivity contribution in [1.29, 1.82) is 0 Å². The van der Waals surface area contributed by atoms with Gasteiger partial charge in [0.1, 0.15) is 5.75 Å². The first kappa shape index (κ1) is 18.8. The summed E-state index contributed by atoms with van der Waals surface area (Å²) in [5, 5.41) is 13.7. The van der Waals surface area contributed by atoms with E-state index in [-0.39, 0.29) is 11.7 Å². The van der Waals surface area contributed by atoms with Crippen molar-refractivity contribution >= 4 is 27.8 Å². The molecule has 0 aliphatic rings. The summed E-state index contributed by atoms with van der Waals surface area (Å²) in [6, 6.07) is 14.7. The van der Waals surface area contributed by atoms with Crippen LogP contribution < -0.4 is 9.64 Å². The molecule has 0 N–H and O–H groups in total. The van der Waals surface area contributed by atoms with Crippen LogP contribution in [0.15, 0.2) is 53.9 Å². The molecule has 0 bridgehead atoms. The fourth-order valence-corrected chi connectivity index (χ4v) is 3.70. The normalized spacial score (nSPS) is 11.8. The van der Waals surface area contributed by atoms with E-state index < -0.39 is 4.92 Å². The molecule has 3 rings (SSSR count). The number of nitrogens with zero attached hydrogens (tertiary/aromatic N) is 3. The molecule has 0 radical (unpaired) electrons. The van der Waals surface area contributed by atoms with Gasteiger partial charge in [-0.25, -0.2) is 4.98 Å². The highest BCUT2D eigenvalue weighted by Crippen LogP contribution is 2.35. The Bertz CT molecular complexity index is 907. The molecule has 0 saturated carbocycles. The summed E-state index contributed by atoms with van der Waals surface area (Å²) in [7, 11) is 1.65. The number of thiazole rings is 1. The van der Waals surface area contributed by atoms with E-state index >= 15 is 0 Å². The van der Waals surface area contributed by atoms with Gasteiger partial charge in [0.05, 0.1) is 17.7 Å². The first-order valence-corrected chi connectivity index (χ1v) is 9.55. The number of methoxy groups -OCH3 is 1. The van der Waals surface area contributed by atoms with Gasteiger partial charge in [0.2, 0.25) is 0 Å². The van der Waals surface area contributed by atoms with Crippen molar-refractivity contribution in [2.24, 2.45) is 0 Å². The molecule has 0 aliphatic carbocycles. The molecule has 0 spiro atoms. The summed E-state index contributed by atoms with van der Waals surface area (Å²) in [5.74, 6) is 0.813. The molecule has 0 aliphatic heterocycles. The van der Waals surface area contributed by atoms with Crippen LogP contribution in [-0.4, -0.2) is 23.1 Å². The van der Waals surface area contributed by atoms with Gasteiger partial charge in [0.15, 0.2) is 5.13 Å². The molecule has 7 heteroatoms. The van der Waals surface area contributed by atoms with Crippen LogP contribution in [0.3, 0.4) is 0 Å². The summed E-state index contributed by atoms with van der Waals surface area (Å²) in [4.78, 5) is 17.4. The Morgan fingerprint density at radius 2 is 1.85 bits per heavy atom. The molecule has 1 heterocycles. The number of benzene rings is 2. The van der Waals surface area contributed by atoms with Crippen molar-refractivity contribution < 1.29 is 9.66 Å². The lowest BCUT2D eigenvalue weighted by molar-refractivity contribution is -0.384. The SMILES string of the molecule is CCC(C)N(c1ccc(OC)cc1)c1nc(-c2ccc([N+](=O)[O-])cc2)cs1. The maximum atomic E-state index is 10.8. The topological polar surface area (TPSA) is 68.5 Å². The number of nitro groups is 1. The number of nitro benzene ring substituents is 1.